The van der Waals surface area contributed by atoms with Crippen molar-refractivity contribution in [3.8, 4) is 0 Å². The molecule has 22 heavy (non-hydrogen) atoms. The number of carbonyl (C=O) groups excluding carboxylic acids is 1. The minimum absolute atomic E-state index is 0.0385. The number of nitrogens with one attached hydrogen (secondary N) is 1. The average Bonchev–Trinajstić information content (AvgIpc) is 3.21. The number of likely N-dealkylation sites (tertiary alicyclic amines) is 1. The molecule has 0 aliphatic carbocycles. The lowest BCUT2D eigenvalue weighted by Crippen LogP contribution is -2.52. The summed E-state index contributed by atoms with van der Waals surface area (Å²) in [6, 6.07) is 4.77. The maximum absolute atomic E-state index is 12.4. The van der Waals surface area contributed by atoms with Gasteiger partial charge in [-0.05, 0) is 44.3 Å². The minimum atomic E-state index is 0.0385. The molecule has 1 N–H and O–H groups in total. The zero-order valence-electron chi connectivity index (χ0n) is 13.2. The third-order valence-electron chi connectivity index (χ3n) is 4.53. The van der Waals surface area contributed by atoms with Crippen LogP contribution >= 0.6 is 11.3 Å². The molecule has 2 atom stereocenters. The van der Waals surface area contributed by atoms with Crippen LogP contribution in [0.2, 0.25) is 0 Å². The van der Waals surface area contributed by atoms with Gasteiger partial charge >= 0.3 is 6.03 Å². The van der Waals surface area contributed by atoms with Crippen molar-refractivity contribution in [2.75, 3.05) is 39.4 Å². The van der Waals surface area contributed by atoms with E-state index in [1.54, 1.807) is 11.3 Å². The molecular weight excluding hydrogens is 298 g/mol. The highest BCUT2D eigenvalue weighted by Crippen LogP contribution is 2.27. The van der Waals surface area contributed by atoms with Gasteiger partial charge in [0, 0.05) is 18.0 Å². The van der Waals surface area contributed by atoms with Gasteiger partial charge in [0.2, 0.25) is 0 Å². The van der Waals surface area contributed by atoms with Crippen molar-refractivity contribution < 1.29 is 9.53 Å². The van der Waals surface area contributed by atoms with Crippen LogP contribution in [0.15, 0.2) is 17.5 Å². The number of hydrogen-bond donors (Lipinski definition) is 1. The van der Waals surface area contributed by atoms with Crippen LogP contribution in [0.25, 0.3) is 0 Å². The lowest BCUT2D eigenvalue weighted by Gasteiger charge is -2.34. The number of urea groups is 1. The third kappa shape index (κ3) is 3.62. The Morgan fingerprint density at radius 2 is 2.27 bits per heavy atom. The van der Waals surface area contributed by atoms with E-state index in [9.17, 15) is 4.79 Å². The van der Waals surface area contributed by atoms with Crippen molar-refractivity contribution in [3.63, 3.8) is 0 Å². The van der Waals surface area contributed by atoms with E-state index < -0.39 is 0 Å². The van der Waals surface area contributed by atoms with Crippen LogP contribution in [-0.4, -0.2) is 61.3 Å². The summed E-state index contributed by atoms with van der Waals surface area (Å²) in [5.74, 6) is 0. The predicted molar refractivity (Wildman–Crippen MR) is 88.3 cm³/mol. The maximum atomic E-state index is 12.4. The SMILES string of the molecule is C[C@@H]1COCCN1C(=O)NC[C@@H](c1cccs1)N1CCCC1. The molecule has 6 heteroatoms. The molecular formula is C16H25N3O2S. The predicted octanol–water partition coefficient (Wildman–Crippen LogP) is 2.32. The van der Waals surface area contributed by atoms with Gasteiger partial charge in [-0.3, -0.25) is 4.90 Å². The Labute approximate surface area is 136 Å². The molecule has 3 rings (SSSR count). The Morgan fingerprint density at radius 1 is 1.45 bits per heavy atom. The average molecular weight is 323 g/mol. The minimum Gasteiger partial charge on any atom is -0.377 e. The molecule has 0 bridgehead atoms. The van der Waals surface area contributed by atoms with Crippen molar-refractivity contribution in [3.05, 3.63) is 22.4 Å². The summed E-state index contributed by atoms with van der Waals surface area (Å²) in [4.78, 5) is 18.2. The normalized spacial score (nSPS) is 24.4. The van der Waals surface area contributed by atoms with E-state index in [1.165, 1.54) is 17.7 Å². The first-order valence-electron chi connectivity index (χ1n) is 8.15. The van der Waals surface area contributed by atoms with Crippen LogP contribution in [0.4, 0.5) is 4.79 Å². The second-order valence-corrected chi connectivity index (χ2v) is 7.06. The lowest BCUT2D eigenvalue weighted by atomic mass is 10.2. The number of carbonyl (C=O) groups is 1. The zero-order valence-corrected chi connectivity index (χ0v) is 14.0. The first-order valence-corrected chi connectivity index (χ1v) is 9.03. The van der Waals surface area contributed by atoms with Gasteiger partial charge < -0.3 is 15.0 Å². The molecule has 0 aromatic carbocycles. The second-order valence-electron chi connectivity index (χ2n) is 6.08. The van der Waals surface area contributed by atoms with E-state index in [0.29, 0.717) is 32.3 Å². The molecule has 5 nitrogen and oxygen atoms in total. The summed E-state index contributed by atoms with van der Waals surface area (Å²) in [5, 5.41) is 5.26. The molecule has 2 saturated heterocycles. The van der Waals surface area contributed by atoms with Crippen LogP contribution in [0, 0.1) is 0 Å². The van der Waals surface area contributed by atoms with Crippen LogP contribution in [0.5, 0.6) is 0 Å². The van der Waals surface area contributed by atoms with Crippen molar-refractivity contribution in [2.24, 2.45) is 0 Å². The van der Waals surface area contributed by atoms with Gasteiger partial charge in [0.1, 0.15) is 0 Å². The number of hydrogen-bond acceptors (Lipinski definition) is 4. The molecule has 2 aliphatic heterocycles. The zero-order chi connectivity index (χ0) is 15.4. The Hall–Kier alpha value is -1.11. The summed E-state index contributed by atoms with van der Waals surface area (Å²) in [6.07, 6.45) is 2.52. The Balaban J connectivity index is 1.60. The quantitative estimate of drug-likeness (QED) is 0.925. The van der Waals surface area contributed by atoms with Gasteiger partial charge in [0.25, 0.3) is 0 Å². The molecule has 0 spiro atoms. The van der Waals surface area contributed by atoms with Gasteiger partial charge in [0.05, 0.1) is 25.3 Å². The molecule has 1 aromatic rings. The molecule has 1 aromatic heterocycles. The Kier molecular flexibility index (Phi) is 5.33. The van der Waals surface area contributed by atoms with Crippen LogP contribution < -0.4 is 5.32 Å². The van der Waals surface area contributed by atoms with Gasteiger partial charge in [-0.25, -0.2) is 4.79 Å². The monoisotopic (exact) mass is 323 g/mol. The topological polar surface area (TPSA) is 44.8 Å². The fraction of sp³-hybridized carbons (Fsp3) is 0.688. The van der Waals surface area contributed by atoms with Gasteiger partial charge in [-0.2, -0.15) is 0 Å². The number of rotatable bonds is 4. The standard InChI is InChI=1S/C16H25N3O2S/c1-13-12-21-9-8-19(13)16(20)17-11-14(15-5-4-10-22-15)18-6-2-3-7-18/h4-5,10,13-14H,2-3,6-9,11-12H2,1H3,(H,17,20)/t13-,14+/m1/s1. The van der Waals surface area contributed by atoms with Gasteiger partial charge in [-0.1, -0.05) is 6.07 Å². The summed E-state index contributed by atoms with van der Waals surface area (Å²) in [7, 11) is 0. The summed E-state index contributed by atoms with van der Waals surface area (Å²) in [5.41, 5.74) is 0. The molecule has 0 unspecified atom stereocenters. The Morgan fingerprint density at radius 3 is 2.95 bits per heavy atom. The van der Waals surface area contributed by atoms with E-state index in [0.717, 1.165) is 13.1 Å². The number of ether oxygens (including phenoxy) is 1. The van der Waals surface area contributed by atoms with E-state index in [-0.39, 0.29) is 12.1 Å². The van der Waals surface area contributed by atoms with Gasteiger partial charge in [0.15, 0.2) is 0 Å². The number of amides is 2. The van der Waals surface area contributed by atoms with E-state index >= 15 is 0 Å². The molecule has 2 amide bonds. The first kappa shape index (κ1) is 15.8. The summed E-state index contributed by atoms with van der Waals surface area (Å²) < 4.78 is 5.40. The van der Waals surface area contributed by atoms with Crippen molar-refractivity contribution >= 4 is 17.4 Å². The third-order valence-corrected chi connectivity index (χ3v) is 5.50. The summed E-state index contributed by atoms with van der Waals surface area (Å²) >= 11 is 1.78. The van der Waals surface area contributed by atoms with Crippen LogP contribution in [0.3, 0.4) is 0 Å². The van der Waals surface area contributed by atoms with Gasteiger partial charge in [-0.15, -0.1) is 11.3 Å². The molecule has 122 valence electrons. The van der Waals surface area contributed by atoms with Crippen molar-refractivity contribution in [2.45, 2.75) is 31.8 Å². The van der Waals surface area contributed by atoms with E-state index in [1.807, 2.05) is 11.8 Å². The van der Waals surface area contributed by atoms with Crippen LogP contribution in [0.1, 0.15) is 30.7 Å². The Bertz CT molecular complexity index is 474. The summed E-state index contributed by atoms with van der Waals surface area (Å²) in [6.45, 7) is 6.94. The van der Waals surface area contributed by atoms with Crippen molar-refractivity contribution in [1.29, 1.82) is 0 Å². The molecule has 3 heterocycles. The van der Waals surface area contributed by atoms with Crippen molar-refractivity contribution in [1.82, 2.24) is 15.1 Å². The van der Waals surface area contributed by atoms with Crippen LogP contribution in [-0.2, 0) is 4.74 Å². The second kappa shape index (κ2) is 7.44. The number of morpholine rings is 1. The fourth-order valence-electron chi connectivity index (χ4n) is 3.26. The highest BCUT2D eigenvalue weighted by atomic mass is 32.1. The highest BCUT2D eigenvalue weighted by molar-refractivity contribution is 7.10. The molecule has 0 saturated carbocycles. The van der Waals surface area contributed by atoms with E-state index in [2.05, 4.69) is 27.7 Å². The smallest absolute Gasteiger partial charge is 0.317 e. The lowest BCUT2D eigenvalue weighted by molar-refractivity contribution is 0.0187. The maximum Gasteiger partial charge on any atom is 0.317 e. The first-order chi connectivity index (χ1) is 10.8. The molecule has 2 fully saturated rings. The van der Waals surface area contributed by atoms with E-state index in [4.69, 9.17) is 4.74 Å². The number of thiophene rings is 1. The highest BCUT2D eigenvalue weighted by Gasteiger charge is 2.27. The fourth-order valence-corrected chi connectivity index (χ4v) is 4.12. The molecule has 0 radical (unpaired) electrons. The molecule has 2 aliphatic rings. The largest absolute Gasteiger partial charge is 0.377 e. The number of nitrogens with zero attached hydrogens (tertiary/aromatic N) is 2.